The Morgan fingerprint density at radius 2 is 2.04 bits per heavy atom. The molecule has 1 aliphatic rings. The molecule has 0 aromatic heterocycles. The van der Waals surface area contributed by atoms with Crippen LogP contribution in [0.1, 0.15) is 30.5 Å². The summed E-state index contributed by atoms with van der Waals surface area (Å²) < 4.78 is 5.45. The van der Waals surface area contributed by atoms with E-state index in [4.69, 9.17) is 11.2 Å². The average molecular weight is 365 g/mol. The highest BCUT2D eigenvalue weighted by Crippen LogP contribution is 2.36. The zero-order valence-corrected chi connectivity index (χ0v) is 15.8. The highest BCUT2D eigenvalue weighted by Gasteiger charge is 2.30. The molecule has 0 saturated heterocycles. The summed E-state index contributed by atoms with van der Waals surface area (Å²) in [6, 6.07) is 16.3. The zero-order valence-electron chi connectivity index (χ0n) is 15.0. The van der Waals surface area contributed by atoms with E-state index in [0.29, 0.717) is 18.9 Å². The molecule has 0 bridgehead atoms. The number of terminal acetylenes is 1. The van der Waals surface area contributed by atoms with Crippen molar-refractivity contribution in [1.82, 2.24) is 4.90 Å². The van der Waals surface area contributed by atoms with Gasteiger partial charge in [-0.15, -0.1) is 18.2 Å². The van der Waals surface area contributed by atoms with Gasteiger partial charge in [0.15, 0.2) is 0 Å². The molecule has 4 heteroatoms. The summed E-state index contributed by atoms with van der Waals surface area (Å²) in [6.45, 7) is 2.96. The maximum absolute atomic E-state index is 12.9. The fourth-order valence-electron chi connectivity index (χ4n) is 3.36. The fraction of sp³-hybridized carbons (Fsp3) is 0.318. The number of hydrogen-bond acceptors (Lipinski definition) is 3. The summed E-state index contributed by atoms with van der Waals surface area (Å²) in [5.41, 5.74) is 2.56. The Labute approximate surface area is 159 Å². The van der Waals surface area contributed by atoms with E-state index in [1.54, 1.807) is 0 Å². The summed E-state index contributed by atoms with van der Waals surface area (Å²) in [5.74, 6) is 3.97. The van der Waals surface area contributed by atoms with Crippen molar-refractivity contribution in [3.05, 3.63) is 59.7 Å². The molecular weight excluding hydrogens is 342 g/mol. The minimum absolute atomic E-state index is 0.0866. The molecule has 2 aromatic carbocycles. The predicted octanol–water partition coefficient (Wildman–Crippen LogP) is 4.33. The highest BCUT2D eigenvalue weighted by molar-refractivity contribution is 8.00. The first-order valence-corrected chi connectivity index (χ1v) is 9.88. The molecule has 1 aliphatic carbocycles. The molecule has 3 nitrogen and oxygen atoms in total. The maximum atomic E-state index is 12.9. The van der Waals surface area contributed by atoms with E-state index < -0.39 is 0 Å². The van der Waals surface area contributed by atoms with Crippen LogP contribution in [-0.2, 0) is 11.2 Å². The van der Waals surface area contributed by atoms with Gasteiger partial charge in [0, 0.05) is 4.90 Å². The number of thioether (sulfide) groups is 1. The number of nitrogens with zero attached hydrogens (tertiary/aromatic N) is 1. The van der Waals surface area contributed by atoms with Crippen LogP contribution in [0.5, 0.6) is 5.75 Å². The summed E-state index contributed by atoms with van der Waals surface area (Å²) in [6.07, 6.45) is 7.49. The van der Waals surface area contributed by atoms with Crippen LogP contribution < -0.4 is 4.74 Å². The molecular formula is C22H23NO2S. The highest BCUT2D eigenvalue weighted by atomic mass is 32.2. The van der Waals surface area contributed by atoms with Gasteiger partial charge in [-0.1, -0.05) is 30.2 Å². The second-order valence-corrected chi connectivity index (χ2v) is 7.22. The van der Waals surface area contributed by atoms with E-state index in [1.165, 1.54) is 22.9 Å². The molecule has 0 aliphatic heterocycles. The lowest BCUT2D eigenvalue weighted by molar-refractivity contribution is -0.130. The standard InChI is InChI=1S/C22H23NO2S/c1-3-15-23(21-14-9-17-7-5-6-8-20(17)21)22(24)16-26-19-12-10-18(11-13-19)25-4-2/h1,5-8,10-13,21H,4,9,14-16H2,2H3. The molecule has 0 fully saturated rings. The van der Waals surface area contributed by atoms with Gasteiger partial charge in [0.05, 0.1) is 24.9 Å². The lowest BCUT2D eigenvalue weighted by Gasteiger charge is -2.28. The number of amides is 1. The normalized spacial score (nSPS) is 15.2. The summed E-state index contributed by atoms with van der Waals surface area (Å²) in [4.78, 5) is 15.8. The first-order valence-electron chi connectivity index (χ1n) is 8.89. The Balaban J connectivity index is 1.65. The van der Waals surface area contributed by atoms with Gasteiger partial charge in [0.25, 0.3) is 0 Å². The molecule has 1 amide bonds. The number of carbonyl (C=O) groups excluding carboxylic acids is 1. The van der Waals surface area contributed by atoms with E-state index in [1.807, 2.05) is 42.2 Å². The third kappa shape index (κ3) is 4.23. The minimum atomic E-state index is 0.0866. The second kappa shape index (κ2) is 8.82. The maximum Gasteiger partial charge on any atom is 0.234 e. The van der Waals surface area contributed by atoms with Crippen LogP contribution in [0, 0.1) is 12.3 Å². The van der Waals surface area contributed by atoms with Crippen LogP contribution >= 0.6 is 11.8 Å². The quantitative estimate of drug-likeness (QED) is 0.540. The number of carbonyl (C=O) groups is 1. The van der Waals surface area contributed by atoms with Crippen LogP contribution in [0.25, 0.3) is 0 Å². The van der Waals surface area contributed by atoms with Gasteiger partial charge in [0.1, 0.15) is 5.75 Å². The van der Waals surface area contributed by atoms with Gasteiger partial charge in [0.2, 0.25) is 5.91 Å². The summed E-state index contributed by atoms with van der Waals surface area (Å²) in [5, 5.41) is 0. The minimum Gasteiger partial charge on any atom is -0.494 e. The molecule has 134 valence electrons. The topological polar surface area (TPSA) is 29.5 Å². The summed E-state index contributed by atoms with van der Waals surface area (Å²) >= 11 is 1.53. The van der Waals surface area contributed by atoms with Gasteiger partial charge in [-0.3, -0.25) is 4.79 Å². The van der Waals surface area contributed by atoms with E-state index in [-0.39, 0.29) is 11.9 Å². The summed E-state index contributed by atoms with van der Waals surface area (Å²) in [7, 11) is 0. The Kier molecular flexibility index (Phi) is 6.25. The Bertz CT molecular complexity index is 795. The predicted molar refractivity (Wildman–Crippen MR) is 106 cm³/mol. The van der Waals surface area contributed by atoms with E-state index in [0.717, 1.165) is 23.5 Å². The van der Waals surface area contributed by atoms with Crippen LogP contribution in [0.2, 0.25) is 0 Å². The monoisotopic (exact) mass is 365 g/mol. The molecule has 1 unspecified atom stereocenters. The van der Waals surface area contributed by atoms with Gasteiger partial charge in [-0.05, 0) is 55.2 Å². The molecule has 2 aromatic rings. The van der Waals surface area contributed by atoms with Gasteiger partial charge in [-0.2, -0.15) is 0 Å². The molecule has 3 rings (SSSR count). The van der Waals surface area contributed by atoms with Crippen molar-refractivity contribution in [2.45, 2.75) is 30.7 Å². The van der Waals surface area contributed by atoms with Crippen molar-refractivity contribution in [2.75, 3.05) is 18.9 Å². The molecule has 26 heavy (non-hydrogen) atoms. The first-order chi connectivity index (χ1) is 12.7. The average Bonchev–Trinajstić information content (AvgIpc) is 3.09. The van der Waals surface area contributed by atoms with Crippen molar-refractivity contribution in [1.29, 1.82) is 0 Å². The van der Waals surface area contributed by atoms with Crippen LogP contribution in [0.15, 0.2) is 53.4 Å². The zero-order chi connectivity index (χ0) is 18.4. The first kappa shape index (κ1) is 18.4. The molecule has 0 heterocycles. The van der Waals surface area contributed by atoms with Crippen molar-refractivity contribution < 1.29 is 9.53 Å². The molecule has 0 spiro atoms. The smallest absolute Gasteiger partial charge is 0.234 e. The molecule has 0 saturated carbocycles. The Hall–Kier alpha value is -2.38. The van der Waals surface area contributed by atoms with Crippen molar-refractivity contribution >= 4 is 17.7 Å². The number of benzene rings is 2. The number of hydrogen-bond donors (Lipinski definition) is 0. The number of rotatable bonds is 7. The third-order valence-electron chi connectivity index (χ3n) is 4.56. The van der Waals surface area contributed by atoms with Crippen LogP contribution in [-0.4, -0.2) is 29.7 Å². The van der Waals surface area contributed by atoms with Crippen molar-refractivity contribution in [3.8, 4) is 18.1 Å². The van der Waals surface area contributed by atoms with E-state index in [2.05, 4.69) is 24.1 Å². The molecule has 0 radical (unpaired) electrons. The van der Waals surface area contributed by atoms with Gasteiger partial charge >= 0.3 is 0 Å². The SMILES string of the molecule is C#CCN(C(=O)CSc1ccc(OCC)cc1)C1CCc2ccccc21. The fourth-order valence-corrected chi connectivity index (χ4v) is 4.14. The van der Waals surface area contributed by atoms with Gasteiger partial charge < -0.3 is 9.64 Å². The molecule has 0 N–H and O–H groups in total. The van der Waals surface area contributed by atoms with Gasteiger partial charge in [-0.25, -0.2) is 0 Å². The molecule has 1 atom stereocenters. The van der Waals surface area contributed by atoms with Crippen molar-refractivity contribution in [3.63, 3.8) is 0 Å². The van der Waals surface area contributed by atoms with Crippen LogP contribution in [0.3, 0.4) is 0 Å². The number of fused-ring (bicyclic) bond motifs is 1. The Morgan fingerprint density at radius 3 is 2.77 bits per heavy atom. The second-order valence-electron chi connectivity index (χ2n) is 6.17. The third-order valence-corrected chi connectivity index (χ3v) is 5.55. The largest absolute Gasteiger partial charge is 0.494 e. The number of ether oxygens (including phenoxy) is 1. The van der Waals surface area contributed by atoms with Crippen LogP contribution in [0.4, 0.5) is 0 Å². The Morgan fingerprint density at radius 1 is 1.27 bits per heavy atom. The lowest BCUT2D eigenvalue weighted by Crippen LogP contribution is -2.35. The number of aryl methyl sites for hydroxylation is 1. The van der Waals surface area contributed by atoms with Crippen molar-refractivity contribution in [2.24, 2.45) is 0 Å². The van der Waals surface area contributed by atoms with E-state index in [9.17, 15) is 4.79 Å². The lowest BCUT2D eigenvalue weighted by atomic mass is 10.1. The van der Waals surface area contributed by atoms with E-state index >= 15 is 0 Å².